The van der Waals surface area contributed by atoms with E-state index in [1.807, 2.05) is 42.5 Å². The lowest BCUT2D eigenvalue weighted by molar-refractivity contribution is 0.0950. The summed E-state index contributed by atoms with van der Waals surface area (Å²) in [6.07, 6.45) is 5.98. The predicted octanol–water partition coefficient (Wildman–Crippen LogP) is 4.04. The molecule has 0 unspecified atom stereocenters. The Morgan fingerprint density at radius 2 is 1.85 bits per heavy atom. The molecule has 2 aromatic heterocycles. The minimum absolute atomic E-state index is 0.209. The van der Waals surface area contributed by atoms with Crippen LogP contribution in [0, 0.1) is 0 Å². The van der Waals surface area contributed by atoms with Crippen molar-refractivity contribution in [1.29, 1.82) is 0 Å². The Morgan fingerprint density at radius 3 is 2.62 bits per heavy atom. The maximum Gasteiger partial charge on any atom is 0.256 e. The van der Waals surface area contributed by atoms with E-state index in [9.17, 15) is 4.79 Å². The Hall–Kier alpha value is -4.26. The number of rotatable bonds is 6. The average molecular weight is 452 g/mol. The van der Waals surface area contributed by atoms with Gasteiger partial charge in [-0.1, -0.05) is 30.3 Å². The highest BCUT2D eigenvalue weighted by molar-refractivity contribution is 5.99. The number of aromatic nitrogens is 3. The van der Waals surface area contributed by atoms with E-state index in [1.54, 1.807) is 25.7 Å². The largest absolute Gasteiger partial charge is 0.497 e. The second kappa shape index (κ2) is 9.70. The molecule has 2 aromatic carbocycles. The van der Waals surface area contributed by atoms with Crippen LogP contribution in [-0.2, 0) is 19.5 Å². The van der Waals surface area contributed by atoms with Crippen LogP contribution in [0.5, 0.6) is 5.75 Å². The maximum atomic E-state index is 13.2. The minimum atomic E-state index is -0.209. The molecule has 0 bridgehead atoms. The first-order valence-corrected chi connectivity index (χ1v) is 11.2. The fraction of sp³-hybridized carbons (Fsp3) is 0.185. The monoisotopic (exact) mass is 451 g/mol. The van der Waals surface area contributed by atoms with Gasteiger partial charge < -0.3 is 15.0 Å². The van der Waals surface area contributed by atoms with Crippen molar-refractivity contribution in [3.05, 3.63) is 102 Å². The van der Waals surface area contributed by atoms with Crippen LogP contribution in [0.25, 0.3) is 11.4 Å². The van der Waals surface area contributed by atoms with Crippen molar-refractivity contribution in [2.45, 2.75) is 19.5 Å². The number of carbonyl (C=O) groups excluding carboxylic acids is 1. The molecule has 34 heavy (non-hydrogen) atoms. The van der Waals surface area contributed by atoms with Crippen LogP contribution in [0.3, 0.4) is 0 Å². The van der Waals surface area contributed by atoms with Gasteiger partial charge in [0.2, 0.25) is 0 Å². The highest BCUT2D eigenvalue weighted by atomic mass is 16.5. The van der Waals surface area contributed by atoms with Crippen LogP contribution in [0.4, 0.5) is 5.82 Å². The Morgan fingerprint density at radius 1 is 1.03 bits per heavy atom. The third kappa shape index (κ3) is 4.59. The number of hydrogen-bond acceptors (Lipinski definition) is 6. The maximum absolute atomic E-state index is 13.2. The number of amides is 1. The van der Waals surface area contributed by atoms with Gasteiger partial charge in [-0.05, 0) is 53.4 Å². The van der Waals surface area contributed by atoms with Crippen LogP contribution in [0.1, 0.15) is 27.0 Å². The first-order chi connectivity index (χ1) is 16.7. The van der Waals surface area contributed by atoms with E-state index < -0.39 is 0 Å². The minimum Gasteiger partial charge on any atom is -0.497 e. The normalized spacial score (nSPS) is 12.7. The van der Waals surface area contributed by atoms with Crippen LogP contribution in [0.15, 0.2) is 79.3 Å². The van der Waals surface area contributed by atoms with Crippen molar-refractivity contribution in [2.75, 3.05) is 18.6 Å². The zero-order valence-corrected chi connectivity index (χ0v) is 18.9. The molecule has 0 aliphatic carbocycles. The van der Waals surface area contributed by atoms with Crippen LogP contribution in [-0.4, -0.2) is 34.5 Å². The molecular formula is C27H25N5O2. The van der Waals surface area contributed by atoms with Gasteiger partial charge in [0, 0.05) is 43.8 Å². The number of fused-ring (bicyclic) bond motifs is 1. The Balaban J connectivity index is 1.47. The number of pyridine rings is 1. The zero-order chi connectivity index (χ0) is 23.3. The lowest BCUT2D eigenvalue weighted by atomic mass is 9.99. The molecule has 0 atom stereocenters. The van der Waals surface area contributed by atoms with E-state index in [0.717, 1.165) is 29.8 Å². The summed E-state index contributed by atoms with van der Waals surface area (Å²) >= 11 is 0. The molecule has 170 valence electrons. The number of nitrogens with zero attached hydrogens (tertiary/aromatic N) is 4. The molecule has 0 spiro atoms. The first kappa shape index (κ1) is 21.6. The van der Waals surface area contributed by atoms with Gasteiger partial charge in [-0.15, -0.1) is 0 Å². The number of anilines is 1. The number of hydrogen-bond donors (Lipinski definition) is 1. The van der Waals surface area contributed by atoms with E-state index in [0.29, 0.717) is 30.3 Å². The Labute approximate surface area is 198 Å². The molecule has 7 heteroatoms. The van der Waals surface area contributed by atoms with Crippen molar-refractivity contribution in [3.63, 3.8) is 0 Å². The van der Waals surface area contributed by atoms with Crippen LogP contribution in [0.2, 0.25) is 0 Å². The Kier molecular flexibility index (Phi) is 6.16. The molecule has 1 aliphatic rings. The summed E-state index contributed by atoms with van der Waals surface area (Å²) in [4.78, 5) is 28.9. The first-order valence-electron chi connectivity index (χ1n) is 11.2. The molecule has 4 aromatic rings. The molecule has 3 heterocycles. The van der Waals surface area contributed by atoms with Crippen molar-refractivity contribution in [3.8, 4) is 17.1 Å². The third-order valence-electron chi connectivity index (χ3n) is 5.97. The molecule has 0 radical (unpaired) electrons. The van der Waals surface area contributed by atoms with Crippen molar-refractivity contribution in [1.82, 2.24) is 20.3 Å². The van der Waals surface area contributed by atoms with Gasteiger partial charge in [0.25, 0.3) is 5.91 Å². The van der Waals surface area contributed by atoms with Gasteiger partial charge in [-0.25, -0.2) is 9.97 Å². The van der Waals surface area contributed by atoms with E-state index in [-0.39, 0.29) is 5.91 Å². The van der Waals surface area contributed by atoms with E-state index in [2.05, 4.69) is 38.4 Å². The number of benzene rings is 2. The molecule has 1 aliphatic heterocycles. The summed E-state index contributed by atoms with van der Waals surface area (Å²) in [7, 11) is 1.64. The van der Waals surface area contributed by atoms with Gasteiger partial charge in [-0.2, -0.15) is 0 Å². The fourth-order valence-electron chi connectivity index (χ4n) is 4.11. The number of carbonyl (C=O) groups is 1. The molecular weight excluding hydrogens is 426 g/mol. The zero-order valence-electron chi connectivity index (χ0n) is 18.9. The molecule has 7 nitrogen and oxygen atoms in total. The standard InChI is InChI=1S/C27H25N5O2/c1-34-23-10-8-21(9-11-23)25-29-17-24(27(33)30-16-19-5-4-13-28-15-19)26(31-25)32-14-12-20-6-2-3-7-22(20)18-32/h2-11,13,15,17H,12,14,16,18H2,1H3,(H,30,33). The molecule has 1 N–H and O–H groups in total. The van der Waals surface area contributed by atoms with Gasteiger partial charge in [0.05, 0.1) is 7.11 Å². The number of ether oxygens (including phenoxy) is 1. The molecule has 1 amide bonds. The van der Waals surface area contributed by atoms with Gasteiger partial charge >= 0.3 is 0 Å². The van der Waals surface area contributed by atoms with E-state index in [1.165, 1.54) is 11.1 Å². The van der Waals surface area contributed by atoms with Gasteiger partial charge in [0.15, 0.2) is 5.82 Å². The van der Waals surface area contributed by atoms with Gasteiger partial charge in [-0.3, -0.25) is 9.78 Å². The Bertz CT molecular complexity index is 1290. The summed E-state index contributed by atoms with van der Waals surface area (Å²) in [5, 5.41) is 2.99. The van der Waals surface area contributed by atoms with Crippen molar-refractivity contribution < 1.29 is 9.53 Å². The average Bonchev–Trinajstić information content (AvgIpc) is 2.91. The lowest BCUT2D eigenvalue weighted by Crippen LogP contribution is -2.34. The summed E-state index contributed by atoms with van der Waals surface area (Å²) in [5.74, 6) is 1.77. The summed E-state index contributed by atoms with van der Waals surface area (Å²) in [6, 6.07) is 19.8. The number of methoxy groups -OCH3 is 1. The SMILES string of the molecule is COc1ccc(-c2ncc(C(=O)NCc3cccnc3)c(N3CCc4ccccc4C3)n2)cc1. The quantitative estimate of drug-likeness (QED) is 0.477. The van der Waals surface area contributed by atoms with Crippen molar-refractivity contribution >= 4 is 11.7 Å². The lowest BCUT2D eigenvalue weighted by Gasteiger charge is -2.31. The highest BCUT2D eigenvalue weighted by Crippen LogP contribution is 2.28. The summed E-state index contributed by atoms with van der Waals surface area (Å²) in [5.41, 5.74) is 4.84. The van der Waals surface area contributed by atoms with Crippen molar-refractivity contribution in [2.24, 2.45) is 0 Å². The van der Waals surface area contributed by atoms with Crippen LogP contribution < -0.4 is 15.0 Å². The summed E-state index contributed by atoms with van der Waals surface area (Å²) < 4.78 is 5.26. The molecule has 0 saturated heterocycles. The smallest absolute Gasteiger partial charge is 0.256 e. The molecule has 0 saturated carbocycles. The predicted molar refractivity (Wildman–Crippen MR) is 131 cm³/mol. The second-order valence-corrected chi connectivity index (χ2v) is 8.14. The fourth-order valence-corrected chi connectivity index (χ4v) is 4.11. The third-order valence-corrected chi connectivity index (χ3v) is 5.97. The summed E-state index contributed by atoms with van der Waals surface area (Å²) in [6.45, 7) is 1.85. The highest BCUT2D eigenvalue weighted by Gasteiger charge is 2.24. The van der Waals surface area contributed by atoms with E-state index >= 15 is 0 Å². The van der Waals surface area contributed by atoms with E-state index in [4.69, 9.17) is 9.72 Å². The van der Waals surface area contributed by atoms with Crippen LogP contribution >= 0.6 is 0 Å². The second-order valence-electron chi connectivity index (χ2n) is 8.14. The van der Waals surface area contributed by atoms with Gasteiger partial charge in [0.1, 0.15) is 17.1 Å². The number of nitrogens with one attached hydrogen (secondary N) is 1. The molecule has 0 fully saturated rings. The molecule has 5 rings (SSSR count). The topological polar surface area (TPSA) is 80.2 Å².